The first-order valence-corrected chi connectivity index (χ1v) is 8.45. The summed E-state index contributed by atoms with van der Waals surface area (Å²) in [6.07, 6.45) is 3.76. The number of rotatable bonds is 6. The highest BCUT2D eigenvalue weighted by Gasteiger charge is 2.24. The molecule has 1 aliphatic rings. The SMILES string of the molecule is CSCC[C@H](N)c1nc(CC2CN(C)CCN2C)no1. The van der Waals surface area contributed by atoms with Gasteiger partial charge in [-0.3, -0.25) is 0 Å². The molecule has 2 rings (SSSR count). The summed E-state index contributed by atoms with van der Waals surface area (Å²) in [6.45, 7) is 3.24. The molecule has 1 aromatic rings. The van der Waals surface area contributed by atoms with Gasteiger partial charge in [0.25, 0.3) is 0 Å². The van der Waals surface area contributed by atoms with Gasteiger partial charge in [0.1, 0.15) is 0 Å². The Balaban J connectivity index is 1.91. The molecule has 1 aliphatic heterocycles. The summed E-state index contributed by atoms with van der Waals surface area (Å²) in [5, 5.41) is 4.08. The lowest BCUT2D eigenvalue weighted by Gasteiger charge is -2.37. The van der Waals surface area contributed by atoms with Crippen LogP contribution in [0.15, 0.2) is 4.52 Å². The minimum atomic E-state index is -0.143. The number of aromatic nitrogens is 2. The zero-order chi connectivity index (χ0) is 14.5. The second kappa shape index (κ2) is 7.40. The van der Waals surface area contributed by atoms with Crippen LogP contribution in [0.2, 0.25) is 0 Å². The van der Waals surface area contributed by atoms with Crippen LogP contribution in [0.5, 0.6) is 0 Å². The molecule has 1 saturated heterocycles. The average molecular weight is 299 g/mol. The monoisotopic (exact) mass is 299 g/mol. The molecule has 0 radical (unpaired) electrons. The lowest BCUT2D eigenvalue weighted by atomic mass is 10.1. The molecule has 6 nitrogen and oxygen atoms in total. The van der Waals surface area contributed by atoms with E-state index in [2.05, 4.69) is 40.3 Å². The number of thioether (sulfide) groups is 1. The van der Waals surface area contributed by atoms with Crippen LogP contribution in [0.25, 0.3) is 0 Å². The molecular formula is C13H25N5OS. The average Bonchev–Trinajstić information content (AvgIpc) is 2.89. The van der Waals surface area contributed by atoms with E-state index >= 15 is 0 Å². The Bertz CT molecular complexity index is 413. The normalized spacial score (nSPS) is 23.1. The van der Waals surface area contributed by atoms with Crippen LogP contribution in [-0.4, -0.2) is 71.7 Å². The molecule has 0 aliphatic carbocycles. The number of hydrogen-bond donors (Lipinski definition) is 1. The van der Waals surface area contributed by atoms with Crippen LogP contribution >= 0.6 is 11.8 Å². The summed E-state index contributed by atoms with van der Waals surface area (Å²) in [4.78, 5) is 9.17. The van der Waals surface area contributed by atoms with Crippen LogP contribution in [0, 0.1) is 0 Å². The molecular weight excluding hydrogens is 274 g/mol. The summed E-state index contributed by atoms with van der Waals surface area (Å²) in [5.41, 5.74) is 6.05. The van der Waals surface area contributed by atoms with Gasteiger partial charge in [-0.2, -0.15) is 16.7 Å². The Morgan fingerprint density at radius 3 is 3.00 bits per heavy atom. The van der Waals surface area contributed by atoms with E-state index in [1.807, 2.05) is 0 Å². The molecule has 20 heavy (non-hydrogen) atoms. The van der Waals surface area contributed by atoms with Crippen molar-refractivity contribution >= 4 is 11.8 Å². The van der Waals surface area contributed by atoms with Crippen molar-refractivity contribution in [1.29, 1.82) is 0 Å². The molecule has 2 atom stereocenters. The van der Waals surface area contributed by atoms with E-state index in [1.165, 1.54) is 0 Å². The molecule has 0 spiro atoms. The first kappa shape index (κ1) is 15.8. The predicted octanol–water partition coefficient (Wildman–Crippen LogP) is 0.611. The molecule has 114 valence electrons. The van der Waals surface area contributed by atoms with E-state index in [-0.39, 0.29) is 6.04 Å². The van der Waals surface area contributed by atoms with Crippen LogP contribution in [0.3, 0.4) is 0 Å². The number of hydrogen-bond acceptors (Lipinski definition) is 7. The van der Waals surface area contributed by atoms with Crippen molar-refractivity contribution in [3.63, 3.8) is 0 Å². The van der Waals surface area contributed by atoms with Crippen molar-refractivity contribution in [3.05, 3.63) is 11.7 Å². The summed E-state index contributed by atoms with van der Waals surface area (Å²) in [6, 6.07) is 0.303. The standard InChI is InChI=1S/C13H25N5OS/c1-17-5-6-18(2)10(9-17)8-12-15-13(19-16-12)11(14)4-7-20-3/h10-11H,4-9,14H2,1-3H3/t10?,11-/m0/s1. The van der Waals surface area contributed by atoms with Gasteiger partial charge in [-0.25, -0.2) is 0 Å². The van der Waals surface area contributed by atoms with Crippen molar-refractivity contribution in [1.82, 2.24) is 19.9 Å². The van der Waals surface area contributed by atoms with Crippen LogP contribution in [-0.2, 0) is 6.42 Å². The van der Waals surface area contributed by atoms with Gasteiger partial charge in [-0.15, -0.1) is 0 Å². The van der Waals surface area contributed by atoms with Crippen LogP contribution in [0.1, 0.15) is 24.2 Å². The first-order valence-electron chi connectivity index (χ1n) is 7.06. The molecule has 0 aromatic carbocycles. The lowest BCUT2D eigenvalue weighted by Crippen LogP contribution is -2.50. The second-order valence-corrected chi connectivity index (χ2v) is 6.52. The van der Waals surface area contributed by atoms with E-state index < -0.39 is 0 Å². The van der Waals surface area contributed by atoms with E-state index in [9.17, 15) is 0 Å². The Morgan fingerprint density at radius 2 is 2.25 bits per heavy atom. The third-order valence-corrected chi connectivity index (χ3v) is 4.48. The van der Waals surface area contributed by atoms with Gasteiger partial charge in [-0.05, 0) is 32.5 Å². The van der Waals surface area contributed by atoms with Gasteiger partial charge in [0.15, 0.2) is 5.82 Å². The van der Waals surface area contributed by atoms with E-state index in [0.717, 1.165) is 44.1 Å². The highest BCUT2D eigenvalue weighted by molar-refractivity contribution is 7.98. The molecule has 1 fully saturated rings. The van der Waals surface area contributed by atoms with Crippen molar-refractivity contribution in [2.45, 2.75) is 24.9 Å². The van der Waals surface area contributed by atoms with E-state index in [1.54, 1.807) is 11.8 Å². The summed E-state index contributed by atoms with van der Waals surface area (Å²) in [5.74, 6) is 2.35. The number of likely N-dealkylation sites (N-methyl/N-ethyl adjacent to an activating group) is 2. The Morgan fingerprint density at radius 1 is 1.45 bits per heavy atom. The molecule has 1 aromatic heterocycles. The quantitative estimate of drug-likeness (QED) is 0.825. The third-order valence-electron chi connectivity index (χ3n) is 3.83. The predicted molar refractivity (Wildman–Crippen MR) is 81.8 cm³/mol. The molecule has 2 heterocycles. The fraction of sp³-hybridized carbons (Fsp3) is 0.846. The summed E-state index contributed by atoms with van der Waals surface area (Å²) >= 11 is 1.78. The summed E-state index contributed by atoms with van der Waals surface area (Å²) < 4.78 is 5.30. The minimum Gasteiger partial charge on any atom is -0.338 e. The molecule has 0 bridgehead atoms. The van der Waals surface area contributed by atoms with E-state index in [0.29, 0.717) is 11.9 Å². The highest BCUT2D eigenvalue weighted by Crippen LogP contribution is 2.16. The Labute approximate surface area is 125 Å². The van der Waals surface area contributed by atoms with Gasteiger partial charge < -0.3 is 20.1 Å². The summed E-state index contributed by atoms with van der Waals surface area (Å²) in [7, 11) is 4.31. The maximum absolute atomic E-state index is 6.05. The largest absolute Gasteiger partial charge is 0.338 e. The zero-order valence-corrected chi connectivity index (χ0v) is 13.4. The van der Waals surface area contributed by atoms with Crippen molar-refractivity contribution in [2.75, 3.05) is 45.7 Å². The fourth-order valence-corrected chi connectivity index (χ4v) is 2.89. The highest BCUT2D eigenvalue weighted by atomic mass is 32.2. The molecule has 0 saturated carbocycles. The molecule has 1 unspecified atom stereocenters. The Kier molecular flexibility index (Phi) is 5.83. The minimum absolute atomic E-state index is 0.143. The molecule has 0 amide bonds. The first-order chi connectivity index (χ1) is 9.60. The number of nitrogens with zero attached hydrogens (tertiary/aromatic N) is 4. The van der Waals surface area contributed by atoms with Gasteiger partial charge in [0.05, 0.1) is 6.04 Å². The second-order valence-electron chi connectivity index (χ2n) is 5.54. The van der Waals surface area contributed by atoms with Gasteiger partial charge in [0.2, 0.25) is 5.89 Å². The third kappa shape index (κ3) is 4.18. The van der Waals surface area contributed by atoms with Gasteiger partial charge >= 0.3 is 0 Å². The number of nitrogens with two attached hydrogens (primary N) is 1. The topological polar surface area (TPSA) is 71.4 Å². The fourth-order valence-electron chi connectivity index (χ4n) is 2.40. The lowest BCUT2D eigenvalue weighted by molar-refractivity contribution is 0.113. The van der Waals surface area contributed by atoms with Crippen LogP contribution in [0.4, 0.5) is 0 Å². The van der Waals surface area contributed by atoms with Crippen LogP contribution < -0.4 is 5.73 Å². The maximum Gasteiger partial charge on any atom is 0.243 e. The van der Waals surface area contributed by atoms with E-state index in [4.69, 9.17) is 10.3 Å². The van der Waals surface area contributed by atoms with Crippen molar-refractivity contribution in [2.24, 2.45) is 5.73 Å². The van der Waals surface area contributed by atoms with Gasteiger partial charge in [0, 0.05) is 32.1 Å². The smallest absolute Gasteiger partial charge is 0.243 e. The van der Waals surface area contributed by atoms with Gasteiger partial charge in [-0.1, -0.05) is 5.16 Å². The van der Waals surface area contributed by atoms with Crippen molar-refractivity contribution < 1.29 is 4.52 Å². The Hall–Kier alpha value is -0.630. The zero-order valence-electron chi connectivity index (χ0n) is 12.6. The van der Waals surface area contributed by atoms with Crippen molar-refractivity contribution in [3.8, 4) is 0 Å². The number of piperazine rings is 1. The maximum atomic E-state index is 6.05. The molecule has 7 heteroatoms. The molecule has 2 N–H and O–H groups in total.